The molecule has 1 heterocycles. The lowest BCUT2D eigenvalue weighted by atomic mass is 10.2. The van der Waals surface area contributed by atoms with E-state index in [1.54, 1.807) is 4.57 Å². The van der Waals surface area contributed by atoms with Crippen LogP contribution < -0.4 is 20.7 Å². The predicted octanol–water partition coefficient (Wildman–Crippen LogP) is 6.77. The number of aromatic nitrogens is 1. The van der Waals surface area contributed by atoms with Crippen molar-refractivity contribution < 1.29 is 11.0 Å². The predicted molar refractivity (Wildman–Crippen MR) is 177 cm³/mol. The van der Waals surface area contributed by atoms with E-state index in [2.05, 4.69) is 65.1 Å². The van der Waals surface area contributed by atoms with Crippen LogP contribution in [0.4, 0.5) is 0 Å². The number of hydrogen-bond donors (Lipinski definition) is 0. The topological polar surface area (TPSA) is 4.93 Å². The summed E-state index contributed by atoms with van der Waals surface area (Å²) in [5, 5.41) is 4.59. The Morgan fingerprint density at radius 2 is 0.949 bits per heavy atom. The second kappa shape index (κ2) is 9.99. The minimum absolute atomic E-state index is 0.0666. The average molecular weight is 636 g/mol. The van der Waals surface area contributed by atoms with Gasteiger partial charge < -0.3 is 4.57 Å². The second-order valence-electron chi connectivity index (χ2n) is 9.30. The van der Waals surface area contributed by atoms with Crippen LogP contribution in [0.3, 0.4) is 0 Å². The first kappa shape index (κ1) is 16.9. The highest BCUT2D eigenvalue weighted by atomic mass is 127. The highest BCUT2D eigenvalue weighted by molar-refractivity contribution is 14.1. The van der Waals surface area contributed by atoms with Crippen LogP contribution >= 0.6 is 22.6 Å². The van der Waals surface area contributed by atoms with E-state index in [9.17, 15) is 0 Å². The van der Waals surface area contributed by atoms with E-state index in [4.69, 9.17) is 11.0 Å². The molecule has 0 N–H and O–H groups in total. The Morgan fingerprint density at radius 1 is 0.513 bits per heavy atom. The van der Waals surface area contributed by atoms with Gasteiger partial charge in [0.15, 0.2) is 8.07 Å². The molecule has 0 saturated heterocycles. The monoisotopic (exact) mass is 635 g/mol. The molecule has 39 heavy (non-hydrogen) atoms. The van der Waals surface area contributed by atoms with Crippen molar-refractivity contribution in [1.29, 1.82) is 0 Å². The fraction of sp³-hybridized carbons (Fsp3) is 0. The van der Waals surface area contributed by atoms with Gasteiger partial charge in [0.2, 0.25) is 0 Å². The summed E-state index contributed by atoms with van der Waals surface area (Å²) in [7, 11) is -3.01. The largest absolute Gasteiger partial charge is 0.308 e. The molecule has 1 nitrogen and oxygen atoms in total. The minimum Gasteiger partial charge on any atom is -0.308 e. The van der Waals surface area contributed by atoms with E-state index in [-0.39, 0.29) is 46.0 Å². The minimum atomic E-state index is -3.01. The van der Waals surface area contributed by atoms with Gasteiger partial charge in [-0.1, -0.05) is 133 Å². The molecule has 0 aliphatic heterocycles. The van der Waals surface area contributed by atoms with Crippen molar-refractivity contribution in [2.45, 2.75) is 0 Å². The molecule has 186 valence electrons. The third kappa shape index (κ3) is 3.88. The quantitative estimate of drug-likeness (QED) is 0.112. The molecule has 0 unspecified atom stereocenters. The van der Waals surface area contributed by atoms with Crippen LogP contribution in [0.25, 0.3) is 27.5 Å². The molecule has 0 aliphatic rings. The van der Waals surface area contributed by atoms with E-state index in [1.807, 2.05) is 66.7 Å². The number of halogens is 1. The molecule has 0 atom stereocenters. The van der Waals surface area contributed by atoms with Crippen molar-refractivity contribution in [3.05, 3.63) is 161 Å². The normalized spacial score (nSPS) is 14.6. The standard InChI is InChI=1S/C36H26INSi/c37-33-25-24-30(26-36(33)38-34-22-12-10-20-31(34)32-21-11-13-23-35(32)38)39(27-14-4-1-5-15-27,28-16-6-2-7-17-28)29-18-8-3-9-19-29/h1-26H/i10D,11D,12D,13D,20D,21D,22D,23D. The van der Waals surface area contributed by atoms with Crippen molar-refractivity contribution in [3.8, 4) is 5.69 Å². The van der Waals surface area contributed by atoms with Gasteiger partial charge in [0.1, 0.15) is 0 Å². The fourth-order valence-electron chi connectivity index (χ4n) is 5.64. The molecule has 0 saturated carbocycles. The molecule has 0 radical (unpaired) electrons. The van der Waals surface area contributed by atoms with Gasteiger partial charge in [0.05, 0.1) is 27.7 Å². The molecular weight excluding hydrogens is 601 g/mol. The van der Waals surface area contributed by atoms with Gasteiger partial charge >= 0.3 is 0 Å². The average Bonchev–Trinajstić information content (AvgIpc) is 3.47. The van der Waals surface area contributed by atoms with Crippen LogP contribution in [0.1, 0.15) is 11.0 Å². The summed E-state index contributed by atoms with van der Waals surface area (Å²) in [5.74, 6) is 0. The van der Waals surface area contributed by atoms with E-state index in [1.165, 1.54) is 0 Å². The van der Waals surface area contributed by atoms with Crippen molar-refractivity contribution in [2.24, 2.45) is 0 Å². The summed E-state index contributed by atoms with van der Waals surface area (Å²) in [6.45, 7) is 0. The summed E-state index contributed by atoms with van der Waals surface area (Å²) < 4.78 is 72.1. The maximum Gasteiger partial charge on any atom is 0.179 e. The smallest absolute Gasteiger partial charge is 0.179 e. The van der Waals surface area contributed by atoms with Crippen LogP contribution in [-0.4, -0.2) is 12.6 Å². The number of para-hydroxylation sites is 2. The molecule has 6 aromatic carbocycles. The Labute approximate surface area is 254 Å². The Hall–Kier alpha value is -3.93. The van der Waals surface area contributed by atoms with E-state index in [0.717, 1.165) is 24.3 Å². The summed E-state index contributed by atoms with van der Waals surface area (Å²) in [6.07, 6.45) is 0. The van der Waals surface area contributed by atoms with E-state index < -0.39 is 32.2 Å². The van der Waals surface area contributed by atoms with Gasteiger partial charge in [-0.2, -0.15) is 0 Å². The zero-order chi connectivity index (χ0) is 33.2. The first-order valence-electron chi connectivity index (χ1n) is 16.6. The third-order valence-corrected chi connectivity index (χ3v) is 13.0. The first-order chi connectivity index (χ1) is 22.6. The van der Waals surface area contributed by atoms with Gasteiger partial charge in [0.25, 0.3) is 0 Å². The molecule has 3 heteroatoms. The molecule has 7 rings (SSSR count). The zero-order valence-electron chi connectivity index (χ0n) is 28.7. The van der Waals surface area contributed by atoms with Crippen LogP contribution in [0, 0.1) is 3.57 Å². The lowest BCUT2D eigenvalue weighted by Gasteiger charge is -2.35. The zero-order valence-corrected chi connectivity index (χ0v) is 23.9. The molecule has 0 fully saturated rings. The van der Waals surface area contributed by atoms with Crippen molar-refractivity contribution in [1.82, 2.24) is 4.57 Å². The van der Waals surface area contributed by atoms with Gasteiger partial charge in [-0.25, -0.2) is 0 Å². The number of hydrogen-bond acceptors (Lipinski definition) is 0. The third-order valence-electron chi connectivity index (χ3n) is 7.27. The molecule has 7 aromatic rings. The Morgan fingerprint density at radius 3 is 1.41 bits per heavy atom. The lowest BCUT2D eigenvalue weighted by Crippen LogP contribution is -2.74. The number of rotatable bonds is 5. The van der Waals surface area contributed by atoms with Crippen LogP contribution in [-0.2, 0) is 0 Å². The highest BCUT2D eigenvalue weighted by Gasteiger charge is 2.41. The first-order valence-corrected chi connectivity index (χ1v) is 15.7. The Balaban J connectivity index is 1.70. The number of fused-ring (bicyclic) bond motifs is 3. The van der Waals surface area contributed by atoms with Crippen LogP contribution in [0.5, 0.6) is 0 Å². The summed E-state index contributed by atoms with van der Waals surface area (Å²) in [4.78, 5) is 0. The SMILES string of the molecule is [2H]c1c([2H])c([2H])c2c(c1[2H])c1c([2H])c([2H])c([2H])c([2H])c1n2-c1cc([Si](c2ccccc2)(c2ccccc2)c2ccccc2)ccc1I. The van der Waals surface area contributed by atoms with Crippen molar-refractivity contribution in [2.75, 3.05) is 0 Å². The summed E-state index contributed by atoms with van der Waals surface area (Å²) in [6, 6.07) is 34.2. The van der Waals surface area contributed by atoms with Crippen molar-refractivity contribution >= 4 is 73.2 Å². The number of nitrogens with zero attached hydrogens (tertiary/aromatic N) is 1. The van der Waals surface area contributed by atoms with E-state index >= 15 is 0 Å². The Kier molecular flexibility index (Phi) is 4.33. The summed E-state index contributed by atoms with van der Waals surface area (Å²) >= 11 is 2.20. The number of benzene rings is 6. The molecular formula is C36H26INSi. The van der Waals surface area contributed by atoms with Gasteiger partial charge in [-0.05, 0) is 67.6 Å². The molecule has 1 aromatic heterocycles. The van der Waals surface area contributed by atoms with Gasteiger partial charge in [0, 0.05) is 14.3 Å². The van der Waals surface area contributed by atoms with Gasteiger partial charge in [-0.3, -0.25) is 0 Å². The molecule has 0 bridgehead atoms. The van der Waals surface area contributed by atoms with Crippen molar-refractivity contribution in [3.63, 3.8) is 0 Å². The maximum absolute atomic E-state index is 9.03. The van der Waals surface area contributed by atoms with E-state index in [0.29, 0.717) is 5.69 Å². The summed E-state index contributed by atoms with van der Waals surface area (Å²) in [5.41, 5.74) is 0.789. The molecule has 0 spiro atoms. The second-order valence-corrected chi connectivity index (χ2v) is 14.3. The highest BCUT2D eigenvalue weighted by Crippen LogP contribution is 2.33. The fourth-order valence-corrected chi connectivity index (χ4v) is 11.0. The Bertz CT molecular complexity index is 2170. The maximum atomic E-state index is 9.03. The van der Waals surface area contributed by atoms with Crippen LogP contribution in [0.15, 0.2) is 158 Å². The van der Waals surface area contributed by atoms with Gasteiger partial charge in [-0.15, -0.1) is 0 Å². The lowest BCUT2D eigenvalue weighted by molar-refractivity contribution is 1.17. The van der Waals surface area contributed by atoms with Crippen LogP contribution in [0.2, 0.25) is 0 Å². The molecule has 0 aliphatic carbocycles. The molecule has 0 amide bonds.